The molecule has 0 saturated heterocycles. The van der Waals surface area contributed by atoms with Gasteiger partial charge in [0.05, 0.1) is 19.1 Å². The van der Waals surface area contributed by atoms with Gasteiger partial charge in [-0.3, -0.25) is 13.9 Å². The molecular formula is C33H43N3O5S. The first-order valence-electron chi connectivity index (χ1n) is 14.3. The van der Waals surface area contributed by atoms with Gasteiger partial charge < -0.3 is 15.0 Å². The number of rotatable bonds is 15. The van der Waals surface area contributed by atoms with Crippen LogP contribution in [0, 0.1) is 6.92 Å². The third-order valence-electron chi connectivity index (χ3n) is 7.20. The van der Waals surface area contributed by atoms with Crippen LogP contribution >= 0.6 is 0 Å². The Labute approximate surface area is 250 Å². The van der Waals surface area contributed by atoms with Crippen molar-refractivity contribution in [3.8, 4) is 5.75 Å². The average Bonchev–Trinajstić information content (AvgIpc) is 2.96. The Bertz CT molecular complexity index is 1430. The van der Waals surface area contributed by atoms with Crippen LogP contribution in [0.2, 0.25) is 0 Å². The first kappa shape index (κ1) is 32.7. The number of aryl methyl sites for hydroxylation is 1. The minimum absolute atomic E-state index is 0.0436. The van der Waals surface area contributed by atoms with Crippen LogP contribution in [0.15, 0.2) is 78.9 Å². The first-order valence-corrected chi connectivity index (χ1v) is 16.2. The molecule has 0 bridgehead atoms. The Kier molecular flexibility index (Phi) is 12.0. The molecule has 3 aromatic carbocycles. The van der Waals surface area contributed by atoms with Gasteiger partial charge in [0.2, 0.25) is 21.8 Å². The van der Waals surface area contributed by atoms with E-state index in [-0.39, 0.29) is 43.8 Å². The maximum absolute atomic E-state index is 14.0. The number of amides is 2. The summed E-state index contributed by atoms with van der Waals surface area (Å²) in [4.78, 5) is 29.3. The van der Waals surface area contributed by atoms with Crippen LogP contribution in [0.4, 0.5) is 5.69 Å². The number of sulfonamides is 1. The van der Waals surface area contributed by atoms with Crippen LogP contribution in [-0.4, -0.2) is 57.1 Å². The molecule has 0 unspecified atom stereocenters. The normalized spacial score (nSPS) is 12.7. The molecule has 42 heavy (non-hydrogen) atoms. The minimum Gasteiger partial charge on any atom is -0.497 e. The molecule has 226 valence electrons. The number of methoxy groups -OCH3 is 1. The maximum Gasteiger partial charge on any atom is 0.243 e. The lowest BCUT2D eigenvalue weighted by Gasteiger charge is -2.33. The predicted molar refractivity (Wildman–Crippen MR) is 168 cm³/mol. The first-order chi connectivity index (χ1) is 20.0. The number of anilines is 1. The molecule has 0 heterocycles. The monoisotopic (exact) mass is 593 g/mol. The quantitative estimate of drug-likeness (QED) is 0.264. The topological polar surface area (TPSA) is 96.0 Å². The number of carbonyl (C=O) groups is 2. The Hall–Kier alpha value is -3.85. The van der Waals surface area contributed by atoms with Crippen molar-refractivity contribution in [3.05, 3.63) is 95.6 Å². The lowest BCUT2D eigenvalue weighted by atomic mass is 10.0. The molecular weight excluding hydrogens is 550 g/mol. The van der Waals surface area contributed by atoms with Crippen molar-refractivity contribution in [1.29, 1.82) is 0 Å². The predicted octanol–water partition coefficient (Wildman–Crippen LogP) is 5.10. The second-order valence-corrected chi connectivity index (χ2v) is 12.6. The molecule has 0 saturated carbocycles. The van der Waals surface area contributed by atoms with E-state index in [2.05, 4.69) is 5.32 Å². The smallest absolute Gasteiger partial charge is 0.243 e. The molecule has 8 nitrogen and oxygen atoms in total. The lowest BCUT2D eigenvalue weighted by molar-refractivity contribution is -0.141. The Morgan fingerprint density at radius 2 is 1.64 bits per heavy atom. The van der Waals surface area contributed by atoms with E-state index in [4.69, 9.17) is 4.74 Å². The molecule has 0 aliphatic carbocycles. The molecule has 0 aliphatic rings. The van der Waals surface area contributed by atoms with Crippen LogP contribution in [0.5, 0.6) is 5.75 Å². The number of nitrogens with one attached hydrogen (secondary N) is 1. The summed E-state index contributed by atoms with van der Waals surface area (Å²) < 4.78 is 31.9. The van der Waals surface area contributed by atoms with Crippen molar-refractivity contribution in [2.45, 2.75) is 65.1 Å². The zero-order valence-electron chi connectivity index (χ0n) is 25.2. The fourth-order valence-electron chi connectivity index (χ4n) is 4.77. The van der Waals surface area contributed by atoms with Gasteiger partial charge in [-0.2, -0.15) is 0 Å². The van der Waals surface area contributed by atoms with Crippen molar-refractivity contribution >= 4 is 27.5 Å². The number of hydrogen-bond acceptors (Lipinski definition) is 5. The standard InChI is InChI=1S/C33H43N3O5S/c1-6-26(3)34-33(38)31(22-27-14-8-7-9-15-27)35(24-28-16-10-13-25(2)21-28)32(37)19-12-20-36(42(5,39)40)29-17-11-18-30(23-29)41-4/h7-11,13-18,21,23,26,31H,6,12,19-20,22,24H2,1-5H3,(H,34,38)/t26-,31-/m0/s1. The van der Waals surface area contributed by atoms with Crippen molar-refractivity contribution in [3.63, 3.8) is 0 Å². The van der Waals surface area contributed by atoms with E-state index in [1.54, 1.807) is 29.2 Å². The molecule has 3 aromatic rings. The summed E-state index contributed by atoms with van der Waals surface area (Å²) in [6.07, 6.45) is 2.62. The Morgan fingerprint density at radius 1 is 0.952 bits per heavy atom. The average molecular weight is 594 g/mol. The van der Waals surface area contributed by atoms with Crippen molar-refractivity contribution in [2.24, 2.45) is 0 Å². The number of hydrogen-bond donors (Lipinski definition) is 1. The highest BCUT2D eigenvalue weighted by Gasteiger charge is 2.31. The van der Waals surface area contributed by atoms with Gasteiger partial charge in [-0.1, -0.05) is 73.2 Å². The molecule has 0 fully saturated rings. The van der Waals surface area contributed by atoms with Gasteiger partial charge in [-0.25, -0.2) is 8.42 Å². The van der Waals surface area contributed by atoms with Gasteiger partial charge in [0.25, 0.3) is 0 Å². The Morgan fingerprint density at radius 3 is 2.29 bits per heavy atom. The molecule has 2 amide bonds. The van der Waals surface area contributed by atoms with Gasteiger partial charge in [-0.15, -0.1) is 0 Å². The van der Waals surface area contributed by atoms with Crippen molar-refractivity contribution < 1.29 is 22.7 Å². The van der Waals surface area contributed by atoms with E-state index in [1.165, 1.54) is 11.4 Å². The van der Waals surface area contributed by atoms with Crippen LogP contribution in [-0.2, 0) is 32.6 Å². The molecule has 0 aromatic heterocycles. The van der Waals surface area contributed by atoms with E-state index in [0.717, 1.165) is 29.4 Å². The lowest BCUT2D eigenvalue weighted by Crippen LogP contribution is -2.52. The number of benzene rings is 3. The van der Waals surface area contributed by atoms with Gasteiger partial charge in [-0.05, 0) is 49.9 Å². The highest BCUT2D eigenvalue weighted by Crippen LogP contribution is 2.24. The molecule has 0 aliphatic heterocycles. The fraction of sp³-hybridized carbons (Fsp3) is 0.394. The SMILES string of the molecule is CC[C@H](C)NC(=O)[C@H](Cc1ccccc1)N(Cc1cccc(C)c1)C(=O)CCCN(c1cccc(OC)c1)S(C)(=O)=O. The second-order valence-electron chi connectivity index (χ2n) is 10.7. The van der Waals surface area contributed by atoms with E-state index >= 15 is 0 Å². The number of nitrogens with zero attached hydrogens (tertiary/aromatic N) is 2. The molecule has 2 atom stereocenters. The minimum atomic E-state index is -3.61. The zero-order chi connectivity index (χ0) is 30.7. The van der Waals surface area contributed by atoms with Crippen molar-refractivity contribution in [1.82, 2.24) is 10.2 Å². The van der Waals surface area contributed by atoms with Gasteiger partial charge in [0.1, 0.15) is 11.8 Å². The molecule has 9 heteroatoms. The summed E-state index contributed by atoms with van der Waals surface area (Å²) in [5, 5.41) is 3.08. The van der Waals surface area contributed by atoms with E-state index in [0.29, 0.717) is 17.9 Å². The Balaban J connectivity index is 1.89. The van der Waals surface area contributed by atoms with Gasteiger partial charge in [0.15, 0.2) is 0 Å². The largest absolute Gasteiger partial charge is 0.497 e. The van der Waals surface area contributed by atoms with E-state index in [9.17, 15) is 18.0 Å². The molecule has 1 N–H and O–H groups in total. The van der Waals surface area contributed by atoms with E-state index in [1.807, 2.05) is 75.4 Å². The maximum atomic E-state index is 14.0. The van der Waals surface area contributed by atoms with Crippen LogP contribution in [0.1, 0.15) is 49.8 Å². The third-order valence-corrected chi connectivity index (χ3v) is 8.40. The zero-order valence-corrected chi connectivity index (χ0v) is 26.1. The molecule has 0 radical (unpaired) electrons. The molecule has 3 rings (SSSR count). The second kappa shape index (κ2) is 15.4. The summed E-state index contributed by atoms with van der Waals surface area (Å²) in [6.45, 7) is 6.31. The summed E-state index contributed by atoms with van der Waals surface area (Å²) in [6, 6.07) is 23.6. The summed E-state index contributed by atoms with van der Waals surface area (Å²) >= 11 is 0. The van der Waals surface area contributed by atoms with E-state index < -0.39 is 16.1 Å². The summed E-state index contributed by atoms with van der Waals surface area (Å²) in [5.74, 6) is 0.122. The van der Waals surface area contributed by atoms with Crippen LogP contribution in [0.25, 0.3) is 0 Å². The van der Waals surface area contributed by atoms with Gasteiger partial charge >= 0.3 is 0 Å². The third kappa shape index (κ3) is 9.62. The number of ether oxygens (including phenoxy) is 1. The summed E-state index contributed by atoms with van der Waals surface area (Å²) in [5.41, 5.74) is 3.40. The molecule has 0 spiro atoms. The van der Waals surface area contributed by atoms with Crippen molar-refractivity contribution in [2.75, 3.05) is 24.2 Å². The summed E-state index contributed by atoms with van der Waals surface area (Å²) in [7, 11) is -2.09. The highest BCUT2D eigenvalue weighted by atomic mass is 32.2. The van der Waals surface area contributed by atoms with Crippen LogP contribution < -0.4 is 14.4 Å². The van der Waals surface area contributed by atoms with Gasteiger partial charge in [0, 0.05) is 38.0 Å². The van der Waals surface area contributed by atoms with Crippen LogP contribution in [0.3, 0.4) is 0 Å². The number of carbonyl (C=O) groups excluding carboxylic acids is 2. The highest BCUT2D eigenvalue weighted by molar-refractivity contribution is 7.92. The fourth-order valence-corrected chi connectivity index (χ4v) is 5.73.